The molecule has 5 nitrogen and oxygen atoms in total. The molecule has 0 saturated heterocycles. The molecule has 0 aliphatic heterocycles. The van der Waals surface area contributed by atoms with Crippen LogP contribution in [-0.2, 0) is 15.6 Å². The van der Waals surface area contributed by atoms with E-state index in [1.165, 1.54) is 29.2 Å². The number of benzene rings is 1. The lowest BCUT2D eigenvalue weighted by atomic mass is 10.4. The third kappa shape index (κ3) is 2.98. The van der Waals surface area contributed by atoms with E-state index < -0.39 is 15.7 Å². The summed E-state index contributed by atoms with van der Waals surface area (Å²) in [6.45, 7) is 3.76. The maximum Gasteiger partial charge on any atom is 0.185 e. The van der Waals surface area contributed by atoms with Crippen molar-refractivity contribution < 1.29 is 12.8 Å². The highest BCUT2D eigenvalue weighted by Crippen LogP contribution is 2.17. The third-order valence-corrected chi connectivity index (χ3v) is 4.22. The van der Waals surface area contributed by atoms with Crippen LogP contribution in [0.15, 0.2) is 35.5 Å². The van der Waals surface area contributed by atoms with Crippen LogP contribution < -0.4 is 0 Å². The van der Waals surface area contributed by atoms with E-state index in [1.54, 1.807) is 0 Å². The van der Waals surface area contributed by atoms with E-state index in [2.05, 4.69) is 10.1 Å². The van der Waals surface area contributed by atoms with E-state index in [0.717, 1.165) is 6.07 Å². The minimum Gasteiger partial charge on any atom is -0.247 e. The van der Waals surface area contributed by atoms with Crippen LogP contribution >= 0.6 is 0 Å². The molecule has 102 valence electrons. The fraction of sp³-hybridized carbons (Fsp3) is 0.333. The molecule has 19 heavy (non-hydrogen) atoms. The molecule has 0 saturated carbocycles. The summed E-state index contributed by atoms with van der Waals surface area (Å²) in [7, 11) is -3.63. The van der Waals surface area contributed by atoms with E-state index in [9.17, 15) is 12.8 Å². The fourth-order valence-electron chi connectivity index (χ4n) is 1.72. The van der Waals surface area contributed by atoms with Crippen molar-refractivity contribution in [2.24, 2.45) is 0 Å². The first-order chi connectivity index (χ1) is 8.90. The number of nitrogens with zero attached hydrogens (tertiary/aromatic N) is 3. The second kappa shape index (κ2) is 5.08. The average Bonchev–Trinajstić information content (AvgIpc) is 2.76. The van der Waals surface area contributed by atoms with Gasteiger partial charge in [-0.2, -0.15) is 5.10 Å². The van der Waals surface area contributed by atoms with Crippen LogP contribution in [0.1, 0.15) is 25.7 Å². The Morgan fingerprint density at radius 2 is 2.11 bits per heavy atom. The van der Waals surface area contributed by atoms with Gasteiger partial charge in [-0.15, -0.1) is 0 Å². The highest BCUT2D eigenvalue weighted by Gasteiger charge is 2.20. The van der Waals surface area contributed by atoms with Crippen LogP contribution in [0.3, 0.4) is 0 Å². The van der Waals surface area contributed by atoms with Crippen LogP contribution in [0.2, 0.25) is 0 Å². The van der Waals surface area contributed by atoms with Crippen molar-refractivity contribution in [1.29, 1.82) is 0 Å². The van der Waals surface area contributed by atoms with Crippen molar-refractivity contribution in [3.05, 3.63) is 42.2 Å². The van der Waals surface area contributed by atoms with Gasteiger partial charge in [0.25, 0.3) is 0 Å². The van der Waals surface area contributed by atoms with Crippen LogP contribution in [0.5, 0.6) is 0 Å². The Morgan fingerprint density at radius 1 is 1.37 bits per heavy atom. The third-order valence-electron chi connectivity index (χ3n) is 2.61. The number of hydrogen-bond acceptors (Lipinski definition) is 4. The molecule has 0 N–H and O–H groups in total. The van der Waals surface area contributed by atoms with Gasteiger partial charge in [-0.3, -0.25) is 0 Å². The van der Waals surface area contributed by atoms with Crippen LogP contribution in [0, 0.1) is 5.82 Å². The molecule has 0 aliphatic carbocycles. The van der Waals surface area contributed by atoms with Gasteiger partial charge in [-0.25, -0.2) is 22.5 Å². The van der Waals surface area contributed by atoms with Crippen molar-refractivity contribution >= 4 is 9.84 Å². The molecule has 7 heteroatoms. The molecular weight excluding hydrogens is 269 g/mol. The fourth-order valence-corrected chi connectivity index (χ4v) is 3.01. The standard InChI is InChI=1S/C12H14FN3O2S/c1-9(2)16-12(14-8-15-16)7-19(17,18)11-5-3-4-10(13)6-11/h3-6,8-9H,7H2,1-2H3. The van der Waals surface area contributed by atoms with E-state index in [4.69, 9.17) is 0 Å². The lowest BCUT2D eigenvalue weighted by Gasteiger charge is -2.09. The van der Waals surface area contributed by atoms with Gasteiger partial charge in [-0.1, -0.05) is 6.07 Å². The highest BCUT2D eigenvalue weighted by molar-refractivity contribution is 7.90. The molecule has 0 fully saturated rings. The molecule has 0 unspecified atom stereocenters. The van der Waals surface area contributed by atoms with Crippen LogP contribution in [0.25, 0.3) is 0 Å². The first-order valence-electron chi connectivity index (χ1n) is 5.77. The molecule has 0 amide bonds. The van der Waals surface area contributed by atoms with Gasteiger partial charge in [0.1, 0.15) is 23.7 Å². The molecule has 0 bridgehead atoms. The Labute approximate surface area is 111 Å². The molecule has 1 aromatic carbocycles. The Kier molecular flexibility index (Phi) is 3.66. The number of aromatic nitrogens is 3. The largest absolute Gasteiger partial charge is 0.247 e. The summed E-state index contributed by atoms with van der Waals surface area (Å²) in [6, 6.07) is 4.96. The Bertz CT molecular complexity index is 680. The van der Waals surface area contributed by atoms with Gasteiger partial charge >= 0.3 is 0 Å². The van der Waals surface area contributed by atoms with E-state index in [0.29, 0.717) is 5.82 Å². The lowest BCUT2D eigenvalue weighted by molar-refractivity contribution is 0.510. The van der Waals surface area contributed by atoms with Crippen molar-refractivity contribution in [2.75, 3.05) is 0 Å². The van der Waals surface area contributed by atoms with Gasteiger partial charge < -0.3 is 0 Å². The smallest absolute Gasteiger partial charge is 0.185 e. The van der Waals surface area contributed by atoms with Crippen LogP contribution in [0.4, 0.5) is 4.39 Å². The number of hydrogen-bond donors (Lipinski definition) is 0. The molecule has 0 spiro atoms. The second-order valence-electron chi connectivity index (χ2n) is 4.43. The maximum absolute atomic E-state index is 13.1. The highest BCUT2D eigenvalue weighted by atomic mass is 32.2. The maximum atomic E-state index is 13.1. The summed E-state index contributed by atoms with van der Waals surface area (Å²) < 4.78 is 39.0. The molecule has 0 aliphatic rings. The van der Waals surface area contributed by atoms with E-state index in [-0.39, 0.29) is 16.7 Å². The number of rotatable bonds is 4. The molecule has 1 heterocycles. The van der Waals surface area contributed by atoms with Gasteiger partial charge in [0, 0.05) is 6.04 Å². The van der Waals surface area contributed by atoms with Crippen molar-refractivity contribution in [1.82, 2.24) is 14.8 Å². The average molecular weight is 283 g/mol. The predicted molar refractivity (Wildman–Crippen MR) is 67.7 cm³/mol. The Morgan fingerprint density at radius 3 is 2.74 bits per heavy atom. The first kappa shape index (κ1) is 13.7. The van der Waals surface area contributed by atoms with Crippen LogP contribution in [-0.4, -0.2) is 23.2 Å². The molecule has 1 aromatic heterocycles. The summed E-state index contributed by atoms with van der Waals surface area (Å²) >= 11 is 0. The molecular formula is C12H14FN3O2S. The minimum absolute atomic E-state index is 0.0141. The summed E-state index contributed by atoms with van der Waals surface area (Å²) in [4.78, 5) is 3.90. The first-order valence-corrected chi connectivity index (χ1v) is 7.42. The zero-order chi connectivity index (χ0) is 14.0. The second-order valence-corrected chi connectivity index (χ2v) is 6.42. The molecule has 2 aromatic rings. The summed E-state index contributed by atoms with van der Waals surface area (Å²) in [6.07, 6.45) is 1.32. The SMILES string of the molecule is CC(C)n1ncnc1CS(=O)(=O)c1cccc(F)c1. The monoisotopic (exact) mass is 283 g/mol. The number of halogens is 1. The zero-order valence-electron chi connectivity index (χ0n) is 10.6. The van der Waals surface area contributed by atoms with E-state index >= 15 is 0 Å². The molecule has 0 atom stereocenters. The normalized spacial score (nSPS) is 12.0. The topological polar surface area (TPSA) is 64.8 Å². The summed E-state index contributed by atoms with van der Waals surface area (Å²) in [5, 5.41) is 3.98. The van der Waals surface area contributed by atoms with Crippen molar-refractivity contribution in [2.45, 2.75) is 30.5 Å². The molecule has 0 radical (unpaired) electrons. The van der Waals surface area contributed by atoms with Gasteiger partial charge in [0.15, 0.2) is 9.84 Å². The van der Waals surface area contributed by atoms with Gasteiger partial charge in [0.05, 0.1) is 4.90 Å². The quantitative estimate of drug-likeness (QED) is 0.860. The molecule has 2 rings (SSSR count). The predicted octanol–water partition coefficient (Wildman–Crippen LogP) is 1.97. The Balaban J connectivity index is 2.34. The van der Waals surface area contributed by atoms with Gasteiger partial charge in [0.2, 0.25) is 0 Å². The van der Waals surface area contributed by atoms with E-state index in [1.807, 2.05) is 13.8 Å². The Hall–Kier alpha value is -1.76. The summed E-state index contributed by atoms with van der Waals surface area (Å²) in [5.41, 5.74) is 0. The minimum atomic E-state index is -3.63. The zero-order valence-corrected chi connectivity index (χ0v) is 11.4. The van der Waals surface area contributed by atoms with Crippen molar-refractivity contribution in [3.8, 4) is 0 Å². The summed E-state index contributed by atoms with van der Waals surface area (Å²) in [5.74, 6) is -0.528. The lowest BCUT2D eigenvalue weighted by Crippen LogP contribution is -2.13. The number of sulfone groups is 1. The van der Waals surface area contributed by atoms with Crippen molar-refractivity contribution in [3.63, 3.8) is 0 Å². The van der Waals surface area contributed by atoms with Gasteiger partial charge in [-0.05, 0) is 32.0 Å².